The van der Waals surface area contributed by atoms with Gasteiger partial charge < -0.3 is 10.3 Å². The van der Waals surface area contributed by atoms with Crippen molar-refractivity contribution in [2.75, 3.05) is 5.32 Å². The number of fused-ring (bicyclic) bond motifs is 2. The van der Waals surface area contributed by atoms with Gasteiger partial charge in [-0.3, -0.25) is 19.0 Å². The average molecular weight is 399 g/mol. The molecule has 30 heavy (non-hydrogen) atoms. The molecule has 0 atom stereocenters. The zero-order valence-corrected chi connectivity index (χ0v) is 16.0. The number of amides is 1. The van der Waals surface area contributed by atoms with Crippen molar-refractivity contribution < 1.29 is 4.79 Å². The van der Waals surface area contributed by atoms with Crippen LogP contribution in [0.2, 0.25) is 0 Å². The lowest BCUT2D eigenvalue weighted by molar-refractivity contribution is -0.116. The Balaban J connectivity index is 1.36. The van der Waals surface area contributed by atoms with Crippen LogP contribution in [-0.4, -0.2) is 35.4 Å². The van der Waals surface area contributed by atoms with E-state index in [1.54, 1.807) is 33.9 Å². The number of aromatic nitrogens is 6. The van der Waals surface area contributed by atoms with Crippen molar-refractivity contribution in [2.24, 2.45) is 7.05 Å². The molecule has 1 amide bonds. The minimum atomic E-state index is -0.229. The molecule has 0 spiro atoms. The van der Waals surface area contributed by atoms with E-state index in [0.29, 0.717) is 16.7 Å². The molecule has 3 heterocycles. The van der Waals surface area contributed by atoms with Crippen molar-refractivity contribution >= 4 is 33.5 Å². The number of anilines is 1. The Labute approximate surface area is 170 Å². The monoisotopic (exact) mass is 399 g/mol. The molecule has 5 aromatic rings. The number of carbonyl (C=O) groups excluding carboxylic acids is 1. The normalized spacial score (nSPS) is 11.2. The summed E-state index contributed by atoms with van der Waals surface area (Å²) >= 11 is 0. The van der Waals surface area contributed by atoms with Gasteiger partial charge in [-0.2, -0.15) is 10.2 Å². The number of aromatic amines is 1. The van der Waals surface area contributed by atoms with E-state index in [1.807, 2.05) is 37.4 Å². The van der Waals surface area contributed by atoms with Gasteiger partial charge >= 0.3 is 0 Å². The van der Waals surface area contributed by atoms with Gasteiger partial charge in [-0.05, 0) is 29.8 Å². The number of aryl methyl sites for hydroxylation is 1. The predicted octanol–water partition coefficient (Wildman–Crippen LogP) is 2.31. The number of hydrogen-bond acceptors (Lipinski definition) is 5. The minimum Gasteiger partial charge on any atom is -0.313 e. The molecule has 0 aliphatic heterocycles. The average Bonchev–Trinajstić information content (AvgIpc) is 3.33. The van der Waals surface area contributed by atoms with Gasteiger partial charge in [0.1, 0.15) is 6.54 Å². The summed E-state index contributed by atoms with van der Waals surface area (Å²) in [6, 6.07) is 13.1. The predicted molar refractivity (Wildman–Crippen MR) is 113 cm³/mol. The summed E-state index contributed by atoms with van der Waals surface area (Å²) in [6.45, 7) is 0.0423. The van der Waals surface area contributed by atoms with Gasteiger partial charge in [0.2, 0.25) is 5.91 Å². The number of rotatable bonds is 4. The maximum atomic E-state index is 12.5. The van der Waals surface area contributed by atoms with Gasteiger partial charge in [0.05, 0.1) is 28.9 Å². The first-order valence-corrected chi connectivity index (χ1v) is 9.30. The van der Waals surface area contributed by atoms with Gasteiger partial charge in [-0.25, -0.2) is 4.98 Å². The molecule has 9 heteroatoms. The number of nitrogens with one attached hydrogen (secondary N) is 2. The van der Waals surface area contributed by atoms with Gasteiger partial charge in [-0.15, -0.1) is 0 Å². The quantitative estimate of drug-likeness (QED) is 0.482. The van der Waals surface area contributed by atoms with E-state index < -0.39 is 0 Å². The Morgan fingerprint density at radius 3 is 2.90 bits per heavy atom. The van der Waals surface area contributed by atoms with E-state index in [1.165, 1.54) is 6.33 Å². The first-order valence-electron chi connectivity index (χ1n) is 9.30. The Kier molecular flexibility index (Phi) is 4.13. The lowest BCUT2D eigenvalue weighted by atomic mass is 10.1. The fourth-order valence-electron chi connectivity index (χ4n) is 3.47. The molecule has 0 radical (unpaired) electrons. The fourth-order valence-corrected chi connectivity index (χ4v) is 3.47. The van der Waals surface area contributed by atoms with Crippen LogP contribution in [0, 0.1) is 0 Å². The number of nitrogens with zero attached hydrogens (tertiary/aromatic N) is 5. The maximum Gasteiger partial charge on any atom is 0.258 e. The highest BCUT2D eigenvalue weighted by Gasteiger charge is 2.12. The molecule has 148 valence electrons. The Morgan fingerprint density at radius 1 is 1.13 bits per heavy atom. The zero-order valence-electron chi connectivity index (χ0n) is 16.0. The van der Waals surface area contributed by atoms with Crippen molar-refractivity contribution in [3.63, 3.8) is 0 Å². The number of para-hydroxylation sites is 1. The van der Waals surface area contributed by atoms with Crippen LogP contribution in [0.25, 0.3) is 32.9 Å². The summed E-state index contributed by atoms with van der Waals surface area (Å²) < 4.78 is 3.28. The first kappa shape index (κ1) is 17.8. The fraction of sp³-hybridized carbons (Fsp3) is 0.0952. The summed E-state index contributed by atoms with van der Waals surface area (Å²) in [5.41, 5.74) is 2.99. The summed E-state index contributed by atoms with van der Waals surface area (Å²) in [6.07, 6.45) is 4.81. The van der Waals surface area contributed by atoms with E-state index in [2.05, 4.69) is 25.5 Å². The van der Waals surface area contributed by atoms with Crippen molar-refractivity contribution in [1.29, 1.82) is 0 Å². The van der Waals surface area contributed by atoms with Gasteiger partial charge in [0.15, 0.2) is 5.82 Å². The molecule has 5 rings (SSSR count). The first-order chi connectivity index (χ1) is 14.6. The van der Waals surface area contributed by atoms with Gasteiger partial charge in [0.25, 0.3) is 5.56 Å². The summed E-state index contributed by atoms with van der Waals surface area (Å²) in [7, 11) is 1.84. The Morgan fingerprint density at radius 2 is 2.00 bits per heavy atom. The number of carbonyl (C=O) groups is 1. The van der Waals surface area contributed by atoms with E-state index >= 15 is 0 Å². The third-order valence-electron chi connectivity index (χ3n) is 4.93. The topological polar surface area (TPSA) is 110 Å². The molecular weight excluding hydrogens is 382 g/mol. The van der Waals surface area contributed by atoms with Crippen LogP contribution in [-0.2, 0) is 18.4 Å². The summed E-state index contributed by atoms with van der Waals surface area (Å²) in [5, 5.41) is 12.9. The van der Waals surface area contributed by atoms with E-state index in [-0.39, 0.29) is 18.0 Å². The van der Waals surface area contributed by atoms with Crippen molar-refractivity contribution in [3.05, 3.63) is 71.5 Å². The van der Waals surface area contributed by atoms with Crippen LogP contribution in [0.1, 0.15) is 0 Å². The van der Waals surface area contributed by atoms with Crippen molar-refractivity contribution in [3.8, 4) is 11.1 Å². The molecule has 0 aliphatic rings. The Hall–Kier alpha value is -4.27. The molecule has 0 aliphatic carbocycles. The summed E-state index contributed by atoms with van der Waals surface area (Å²) in [4.78, 5) is 31.3. The number of benzene rings is 2. The van der Waals surface area contributed by atoms with E-state index in [9.17, 15) is 9.59 Å². The molecule has 0 saturated carbocycles. The molecule has 2 N–H and O–H groups in total. The standard InChI is InChI=1S/C21H17N7O2/c1-27-18-5-3-2-4-15(18)20(26-27)25-19(29)11-28-10-14(9-24-28)13-6-7-17-16(8-13)21(30)23-12-22-17/h2-10,12H,11H2,1H3,(H,22,23,30)(H,25,26,29). The largest absolute Gasteiger partial charge is 0.313 e. The Bertz CT molecular complexity index is 1460. The lowest BCUT2D eigenvalue weighted by Crippen LogP contribution is -2.19. The SMILES string of the molecule is Cn1nc(NC(=O)Cn2cc(-c3ccc4nc[nH]c(=O)c4c3)cn2)c2ccccc21. The van der Waals surface area contributed by atoms with Gasteiger partial charge in [-0.1, -0.05) is 18.2 Å². The van der Waals surface area contributed by atoms with Crippen LogP contribution in [0.4, 0.5) is 5.82 Å². The second kappa shape index (κ2) is 6.96. The van der Waals surface area contributed by atoms with E-state index in [0.717, 1.165) is 22.0 Å². The van der Waals surface area contributed by atoms with Crippen molar-refractivity contribution in [1.82, 2.24) is 29.5 Å². The number of hydrogen-bond donors (Lipinski definition) is 2. The molecule has 0 bridgehead atoms. The van der Waals surface area contributed by atoms with Crippen LogP contribution in [0.5, 0.6) is 0 Å². The third kappa shape index (κ3) is 3.12. The van der Waals surface area contributed by atoms with Crippen LogP contribution in [0.3, 0.4) is 0 Å². The summed E-state index contributed by atoms with van der Waals surface area (Å²) in [5.74, 6) is 0.291. The smallest absolute Gasteiger partial charge is 0.258 e. The molecule has 3 aromatic heterocycles. The second-order valence-corrected chi connectivity index (χ2v) is 6.93. The highest BCUT2D eigenvalue weighted by atomic mass is 16.2. The van der Waals surface area contributed by atoms with E-state index in [4.69, 9.17) is 0 Å². The van der Waals surface area contributed by atoms with Gasteiger partial charge in [0, 0.05) is 24.2 Å². The molecule has 0 saturated heterocycles. The lowest BCUT2D eigenvalue weighted by Gasteiger charge is -2.03. The van der Waals surface area contributed by atoms with Crippen LogP contribution in [0.15, 0.2) is 66.0 Å². The number of H-pyrrole nitrogens is 1. The maximum absolute atomic E-state index is 12.5. The third-order valence-corrected chi connectivity index (χ3v) is 4.93. The van der Waals surface area contributed by atoms with Crippen LogP contribution < -0.4 is 10.9 Å². The molecule has 2 aromatic carbocycles. The van der Waals surface area contributed by atoms with Crippen molar-refractivity contribution in [2.45, 2.75) is 6.54 Å². The molecule has 9 nitrogen and oxygen atoms in total. The van der Waals surface area contributed by atoms with Crippen LogP contribution >= 0.6 is 0 Å². The molecule has 0 unspecified atom stereocenters. The second-order valence-electron chi connectivity index (χ2n) is 6.93. The molecule has 0 fully saturated rings. The highest BCUT2D eigenvalue weighted by Crippen LogP contribution is 2.23. The minimum absolute atomic E-state index is 0.0423. The zero-order chi connectivity index (χ0) is 20.7. The molecular formula is C21H17N7O2. The highest BCUT2D eigenvalue weighted by molar-refractivity contribution is 5.99.